The van der Waals surface area contributed by atoms with Crippen LogP contribution in [0.5, 0.6) is 5.75 Å². The molecule has 0 bridgehead atoms. The largest absolute Gasteiger partial charge is 0.497 e. The number of ether oxygens (including phenoxy) is 1. The minimum absolute atomic E-state index is 0.0443. The predicted octanol–water partition coefficient (Wildman–Crippen LogP) is 6.29. The van der Waals surface area contributed by atoms with E-state index in [1.165, 1.54) is 25.1 Å². The number of nitrogens with zero attached hydrogens (tertiary/aromatic N) is 2. The number of hydrogen-bond donors (Lipinski definition) is 2. The molecule has 6 nitrogen and oxygen atoms in total. The molecule has 0 spiro atoms. The van der Waals surface area contributed by atoms with Crippen LogP contribution in [-0.4, -0.2) is 58.6 Å². The second kappa shape index (κ2) is 13.2. The van der Waals surface area contributed by atoms with Crippen LogP contribution in [0.2, 0.25) is 0 Å². The molecular weight excluding hydrogens is 548 g/mol. The number of alkyl halides is 1. The van der Waals surface area contributed by atoms with E-state index in [9.17, 15) is 32.6 Å². The van der Waals surface area contributed by atoms with Crippen LogP contribution in [0, 0.1) is 22.9 Å². The lowest BCUT2D eigenvalue weighted by atomic mass is 9.71. The van der Waals surface area contributed by atoms with Gasteiger partial charge < -0.3 is 19.8 Å². The predicted molar refractivity (Wildman–Crippen MR) is 145 cm³/mol. The fourth-order valence-electron chi connectivity index (χ4n) is 5.44. The fraction of sp³-hybridized carbons (Fsp3) is 0.448. The van der Waals surface area contributed by atoms with Crippen LogP contribution >= 0.6 is 11.8 Å². The summed E-state index contributed by atoms with van der Waals surface area (Å²) in [6.07, 6.45) is 2.25. The number of pyridine rings is 1. The van der Waals surface area contributed by atoms with Gasteiger partial charge in [0.2, 0.25) is 0 Å². The number of rotatable bonds is 12. The number of piperidine rings is 1. The summed E-state index contributed by atoms with van der Waals surface area (Å²) < 4.78 is 59.3. The quantitative estimate of drug-likeness (QED) is 0.148. The summed E-state index contributed by atoms with van der Waals surface area (Å²) >= 11 is 1.22. The Balaban J connectivity index is 1.40. The van der Waals surface area contributed by atoms with E-state index in [1.807, 2.05) is 0 Å². The molecule has 1 fully saturated rings. The number of aromatic nitrogens is 1. The van der Waals surface area contributed by atoms with Gasteiger partial charge in [0.05, 0.1) is 25.2 Å². The molecule has 11 heteroatoms. The van der Waals surface area contributed by atoms with Gasteiger partial charge in [0, 0.05) is 34.3 Å². The zero-order valence-corrected chi connectivity index (χ0v) is 23.0. The Bertz CT molecular complexity index is 1320. The summed E-state index contributed by atoms with van der Waals surface area (Å²) in [6, 6.07) is 7.15. The molecule has 1 aromatic heterocycles. The molecular formula is C29H32F4N2O4S. The number of aliphatic hydroxyl groups excluding tert-OH is 1. The van der Waals surface area contributed by atoms with Crippen LogP contribution in [0.1, 0.15) is 49.3 Å². The first kappa shape index (κ1) is 30.1. The average molecular weight is 581 g/mol. The maximum absolute atomic E-state index is 13.9. The Morgan fingerprint density at radius 1 is 1.18 bits per heavy atom. The van der Waals surface area contributed by atoms with Gasteiger partial charge in [-0.25, -0.2) is 17.6 Å². The first-order valence-corrected chi connectivity index (χ1v) is 14.0. The van der Waals surface area contributed by atoms with Gasteiger partial charge in [-0.3, -0.25) is 9.78 Å². The zero-order chi connectivity index (χ0) is 28.9. The molecule has 1 aliphatic rings. The van der Waals surface area contributed by atoms with Crippen molar-refractivity contribution in [2.75, 3.05) is 32.5 Å². The van der Waals surface area contributed by atoms with Crippen molar-refractivity contribution in [1.29, 1.82) is 0 Å². The molecule has 0 amide bonds. The number of fused-ring (bicyclic) bond motifs is 1. The highest BCUT2D eigenvalue weighted by atomic mass is 32.2. The van der Waals surface area contributed by atoms with Crippen LogP contribution in [0.4, 0.5) is 17.6 Å². The number of aliphatic carboxylic acids is 1. The minimum atomic E-state index is -1.49. The van der Waals surface area contributed by atoms with E-state index >= 15 is 0 Å². The van der Waals surface area contributed by atoms with E-state index in [1.54, 1.807) is 18.2 Å². The smallest absolute Gasteiger partial charge is 0.303 e. The summed E-state index contributed by atoms with van der Waals surface area (Å²) in [7, 11) is 1.52. The van der Waals surface area contributed by atoms with Crippen LogP contribution in [0.25, 0.3) is 10.9 Å². The number of halogens is 4. The van der Waals surface area contributed by atoms with Crippen molar-refractivity contribution >= 4 is 28.6 Å². The van der Waals surface area contributed by atoms with E-state index in [-0.39, 0.29) is 18.4 Å². The maximum Gasteiger partial charge on any atom is 0.303 e. The standard InChI is InChI=1S/C29H32F4N2O4S/c1-39-19-2-3-24-21(12-19)27(18(16-30)17-34-24)25(36)4-5-29(15-26(37)38)6-8-35(9-7-29)10-11-40-20-13-22(31)28(33)23(32)14-20/h2-3,12-14,17,25,36H,4-11,15-16H2,1H3,(H,37,38)/t25-/m1/s1. The maximum atomic E-state index is 13.9. The van der Waals surface area contributed by atoms with Crippen LogP contribution < -0.4 is 4.74 Å². The molecule has 216 valence electrons. The van der Waals surface area contributed by atoms with Gasteiger partial charge in [-0.15, -0.1) is 11.8 Å². The Labute approximate surface area is 234 Å². The van der Waals surface area contributed by atoms with Crippen molar-refractivity contribution in [3.05, 3.63) is 65.1 Å². The lowest BCUT2D eigenvalue weighted by Crippen LogP contribution is -2.42. The van der Waals surface area contributed by atoms with Crippen molar-refractivity contribution < 1.29 is 37.3 Å². The summed E-state index contributed by atoms with van der Waals surface area (Å²) in [5.41, 5.74) is 0.800. The molecule has 0 saturated carbocycles. The Morgan fingerprint density at radius 2 is 1.88 bits per heavy atom. The highest BCUT2D eigenvalue weighted by Gasteiger charge is 2.37. The molecule has 0 unspecified atom stereocenters. The first-order chi connectivity index (χ1) is 19.1. The van der Waals surface area contributed by atoms with Gasteiger partial charge in [0.25, 0.3) is 0 Å². The monoisotopic (exact) mass is 580 g/mol. The van der Waals surface area contributed by atoms with E-state index in [4.69, 9.17) is 4.74 Å². The second-order valence-corrected chi connectivity index (χ2v) is 11.4. The van der Waals surface area contributed by atoms with Crippen molar-refractivity contribution in [2.24, 2.45) is 5.41 Å². The summed E-state index contributed by atoms with van der Waals surface area (Å²) in [4.78, 5) is 18.5. The third-order valence-electron chi connectivity index (χ3n) is 7.70. The van der Waals surface area contributed by atoms with Crippen LogP contribution in [0.3, 0.4) is 0 Å². The van der Waals surface area contributed by atoms with Gasteiger partial charge in [-0.05, 0) is 80.1 Å². The van der Waals surface area contributed by atoms with Gasteiger partial charge in [-0.2, -0.15) is 0 Å². The molecule has 3 aromatic rings. The Morgan fingerprint density at radius 3 is 2.50 bits per heavy atom. The Kier molecular flexibility index (Phi) is 9.91. The molecule has 4 rings (SSSR count). The molecule has 1 saturated heterocycles. The number of benzene rings is 2. The third kappa shape index (κ3) is 7.05. The average Bonchev–Trinajstić information content (AvgIpc) is 2.94. The SMILES string of the molecule is COc1ccc2ncc(CF)c([C@H](O)CCC3(CC(=O)O)CCN(CCSc4cc(F)c(F)c(F)c4)CC3)c2c1. The second-order valence-electron chi connectivity index (χ2n) is 10.2. The molecule has 1 aliphatic heterocycles. The number of aliphatic hydroxyl groups is 1. The lowest BCUT2D eigenvalue weighted by Gasteiger charge is -2.41. The molecule has 40 heavy (non-hydrogen) atoms. The van der Waals surface area contributed by atoms with Crippen molar-refractivity contribution in [2.45, 2.75) is 49.8 Å². The van der Waals surface area contributed by atoms with E-state index in [0.717, 1.165) is 12.1 Å². The normalized spacial score (nSPS) is 16.2. The van der Waals surface area contributed by atoms with Gasteiger partial charge in [0.1, 0.15) is 12.4 Å². The minimum Gasteiger partial charge on any atom is -0.497 e. The van der Waals surface area contributed by atoms with Gasteiger partial charge >= 0.3 is 5.97 Å². The number of carbonyl (C=O) groups is 1. The molecule has 1 atom stereocenters. The highest BCUT2D eigenvalue weighted by molar-refractivity contribution is 7.99. The topological polar surface area (TPSA) is 82.9 Å². The van der Waals surface area contributed by atoms with E-state index < -0.39 is 41.6 Å². The molecule has 0 radical (unpaired) electrons. The Hall–Kier alpha value is -2.89. The number of likely N-dealkylation sites (tertiary alicyclic amines) is 1. The van der Waals surface area contributed by atoms with Gasteiger partial charge in [-0.1, -0.05) is 0 Å². The summed E-state index contributed by atoms with van der Waals surface area (Å²) in [5, 5.41) is 21.5. The number of hydrogen-bond acceptors (Lipinski definition) is 6. The van der Waals surface area contributed by atoms with E-state index in [2.05, 4.69) is 9.88 Å². The summed E-state index contributed by atoms with van der Waals surface area (Å²) in [6.45, 7) is 1.07. The highest BCUT2D eigenvalue weighted by Crippen LogP contribution is 2.42. The first-order valence-electron chi connectivity index (χ1n) is 13.1. The van der Waals surface area contributed by atoms with Crippen molar-refractivity contribution in [1.82, 2.24) is 9.88 Å². The number of thioether (sulfide) groups is 1. The number of carboxylic acids is 1. The third-order valence-corrected chi connectivity index (χ3v) is 8.66. The zero-order valence-electron chi connectivity index (χ0n) is 22.1. The summed E-state index contributed by atoms with van der Waals surface area (Å²) in [5.74, 6) is -3.77. The van der Waals surface area contributed by atoms with Crippen LogP contribution in [0.15, 0.2) is 41.4 Å². The lowest BCUT2D eigenvalue weighted by molar-refractivity contribution is -0.141. The van der Waals surface area contributed by atoms with Gasteiger partial charge in [0.15, 0.2) is 17.5 Å². The number of carboxylic acid groups (broad SMARTS) is 1. The van der Waals surface area contributed by atoms with Crippen molar-refractivity contribution in [3.63, 3.8) is 0 Å². The number of methoxy groups -OCH3 is 1. The van der Waals surface area contributed by atoms with E-state index in [0.29, 0.717) is 71.8 Å². The molecule has 2 N–H and O–H groups in total. The molecule has 0 aliphatic carbocycles. The fourth-order valence-corrected chi connectivity index (χ4v) is 6.40. The molecule has 2 aromatic carbocycles. The van der Waals surface area contributed by atoms with Crippen molar-refractivity contribution in [3.8, 4) is 5.75 Å². The van der Waals surface area contributed by atoms with Crippen LogP contribution in [-0.2, 0) is 11.5 Å². The molecule has 2 heterocycles.